The van der Waals surface area contributed by atoms with E-state index in [9.17, 15) is 9.18 Å². The molecule has 0 atom stereocenters. The molecule has 3 rings (SSSR count). The molecule has 0 spiro atoms. The van der Waals surface area contributed by atoms with Crippen LogP contribution in [0.3, 0.4) is 0 Å². The van der Waals surface area contributed by atoms with Crippen LogP contribution < -0.4 is 5.32 Å². The molecule has 0 radical (unpaired) electrons. The first-order valence-electron chi connectivity index (χ1n) is 9.76. The van der Waals surface area contributed by atoms with Crippen molar-refractivity contribution in [3.05, 3.63) is 50.6 Å². The highest BCUT2D eigenvalue weighted by atomic mass is 35.5. The molecule has 1 fully saturated rings. The molecule has 1 aromatic heterocycles. The van der Waals surface area contributed by atoms with Crippen LogP contribution in [0.4, 0.5) is 9.39 Å². The van der Waals surface area contributed by atoms with Crippen molar-refractivity contribution in [1.29, 1.82) is 0 Å². The quantitative estimate of drug-likeness (QED) is 0.505. The van der Waals surface area contributed by atoms with Gasteiger partial charge in [0.05, 0.1) is 12.7 Å². The Morgan fingerprint density at radius 1 is 1.33 bits per heavy atom. The van der Waals surface area contributed by atoms with Crippen molar-refractivity contribution in [2.24, 2.45) is 0 Å². The van der Waals surface area contributed by atoms with Crippen LogP contribution in [0.25, 0.3) is 0 Å². The van der Waals surface area contributed by atoms with Crippen LogP contribution in [-0.2, 0) is 17.7 Å². The number of thiocarbonyl (C=S) groups is 1. The fraction of sp³-hybridized carbons (Fsp3) is 0.429. The van der Waals surface area contributed by atoms with Gasteiger partial charge in [-0.3, -0.25) is 4.90 Å². The van der Waals surface area contributed by atoms with E-state index in [1.54, 1.807) is 6.07 Å². The molecule has 0 saturated carbocycles. The van der Waals surface area contributed by atoms with Gasteiger partial charge in [0, 0.05) is 42.6 Å². The Kier molecular flexibility index (Phi) is 7.68. The number of carbonyl (C=O) groups is 1. The summed E-state index contributed by atoms with van der Waals surface area (Å²) in [4.78, 5) is 17.7. The van der Waals surface area contributed by atoms with E-state index >= 15 is 0 Å². The molecule has 162 valence electrons. The Hall–Kier alpha value is -1.74. The molecule has 2 aromatic rings. The molecule has 0 amide bonds. The van der Waals surface area contributed by atoms with Crippen LogP contribution >= 0.6 is 35.2 Å². The lowest BCUT2D eigenvalue weighted by Gasteiger charge is -2.36. The lowest BCUT2D eigenvalue weighted by Crippen LogP contribution is -2.49. The fourth-order valence-corrected chi connectivity index (χ4v) is 5.29. The number of piperazine rings is 1. The summed E-state index contributed by atoms with van der Waals surface area (Å²) in [6.07, 6.45) is 0.756. The zero-order chi connectivity index (χ0) is 21.8. The minimum absolute atomic E-state index is 0.327. The molecule has 2 heterocycles. The van der Waals surface area contributed by atoms with Gasteiger partial charge in [0.2, 0.25) is 0 Å². The van der Waals surface area contributed by atoms with E-state index in [1.807, 2.05) is 13.8 Å². The number of esters is 1. The number of benzene rings is 1. The topological polar surface area (TPSA) is 44.8 Å². The van der Waals surface area contributed by atoms with Crippen LogP contribution in [0.15, 0.2) is 18.2 Å². The molecule has 1 saturated heterocycles. The Bertz CT molecular complexity index is 943. The number of ether oxygens (including phenoxy) is 1. The van der Waals surface area contributed by atoms with Gasteiger partial charge >= 0.3 is 5.97 Å². The smallest absolute Gasteiger partial charge is 0.341 e. The first kappa shape index (κ1) is 22.9. The lowest BCUT2D eigenvalue weighted by molar-refractivity contribution is 0.0601. The summed E-state index contributed by atoms with van der Waals surface area (Å²) >= 11 is 13.3. The third-order valence-electron chi connectivity index (χ3n) is 5.24. The van der Waals surface area contributed by atoms with Crippen LogP contribution in [-0.4, -0.2) is 54.2 Å². The highest BCUT2D eigenvalue weighted by Crippen LogP contribution is 2.34. The monoisotopic (exact) mass is 469 g/mol. The van der Waals surface area contributed by atoms with E-state index < -0.39 is 0 Å². The van der Waals surface area contributed by atoms with Gasteiger partial charge in [0.1, 0.15) is 10.8 Å². The average Bonchev–Trinajstić information content (AvgIpc) is 3.04. The summed E-state index contributed by atoms with van der Waals surface area (Å²) in [5, 5.41) is 5.05. The predicted molar refractivity (Wildman–Crippen MR) is 124 cm³/mol. The van der Waals surface area contributed by atoms with Gasteiger partial charge in [-0.15, -0.1) is 11.3 Å². The van der Waals surface area contributed by atoms with E-state index in [2.05, 4.69) is 15.1 Å². The number of carbonyl (C=O) groups excluding carboxylic acids is 1. The lowest BCUT2D eigenvalue weighted by atomic mass is 10.1. The maximum absolute atomic E-state index is 13.2. The number of halogens is 2. The molecule has 0 bridgehead atoms. The largest absolute Gasteiger partial charge is 0.465 e. The molecule has 9 heteroatoms. The van der Waals surface area contributed by atoms with Crippen LogP contribution in [0, 0.1) is 12.7 Å². The summed E-state index contributed by atoms with van der Waals surface area (Å²) < 4.78 is 18.2. The first-order valence-corrected chi connectivity index (χ1v) is 11.4. The molecule has 1 aliphatic heterocycles. The molecule has 0 unspecified atom stereocenters. The SMILES string of the molecule is CCc1c(C)sc(NC(=S)N2CCN(Cc3ccc(F)cc3Cl)CC2)c1C(=O)OC. The Balaban J connectivity index is 1.61. The average molecular weight is 470 g/mol. The maximum atomic E-state index is 13.2. The van der Waals surface area contributed by atoms with E-state index in [0.717, 1.165) is 53.6 Å². The Labute approximate surface area is 190 Å². The number of rotatable bonds is 5. The standard InChI is InChI=1S/C21H25ClFN3O2S2/c1-4-16-13(2)30-19(18(16)20(27)28-3)24-21(29)26-9-7-25(8-10-26)12-14-5-6-15(23)11-17(14)22/h5-6,11H,4,7-10,12H2,1-3H3,(H,24,29). The van der Waals surface area contributed by atoms with Gasteiger partial charge in [-0.2, -0.15) is 0 Å². The molecule has 5 nitrogen and oxygen atoms in total. The van der Waals surface area contributed by atoms with Crippen LogP contribution in [0.5, 0.6) is 0 Å². The second-order valence-electron chi connectivity index (χ2n) is 7.12. The number of thiophene rings is 1. The molecule has 1 aliphatic rings. The molecule has 1 N–H and O–H groups in total. The van der Waals surface area contributed by atoms with Crippen LogP contribution in [0.2, 0.25) is 5.02 Å². The van der Waals surface area contributed by atoms with Crippen molar-refractivity contribution in [1.82, 2.24) is 9.80 Å². The zero-order valence-electron chi connectivity index (χ0n) is 17.3. The van der Waals surface area contributed by atoms with Crippen molar-refractivity contribution in [3.63, 3.8) is 0 Å². The van der Waals surface area contributed by atoms with Gasteiger partial charge in [0.15, 0.2) is 5.11 Å². The number of methoxy groups -OCH3 is 1. The van der Waals surface area contributed by atoms with E-state index in [0.29, 0.717) is 22.2 Å². The van der Waals surface area contributed by atoms with Gasteiger partial charge < -0.3 is 15.0 Å². The number of hydrogen-bond donors (Lipinski definition) is 1. The summed E-state index contributed by atoms with van der Waals surface area (Å²) in [6.45, 7) is 7.82. The van der Waals surface area contributed by atoms with Crippen molar-refractivity contribution in [3.8, 4) is 0 Å². The third-order valence-corrected chi connectivity index (χ3v) is 7.02. The van der Waals surface area contributed by atoms with Gasteiger partial charge in [-0.1, -0.05) is 24.6 Å². The van der Waals surface area contributed by atoms with Crippen molar-refractivity contribution >= 4 is 51.2 Å². The number of aryl methyl sites for hydroxylation is 1. The summed E-state index contributed by atoms with van der Waals surface area (Å²) in [5.41, 5.74) is 2.49. The minimum Gasteiger partial charge on any atom is -0.465 e. The number of nitrogens with one attached hydrogen (secondary N) is 1. The summed E-state index contributed by atoms with van der Waals surface area (Å²) in [7, 11) is 1.39. The molecule has 0 aliphatic carbocycles. The van der Waals surface area contributed by atoms with Crippen molar-refractivity contribution in [2.75, 3.05) is 38.6 Å². The third kappa shape index (κ3) is 5.11. The Morgan fingerprint density at radius 3 is 2.63 bits per heavy atom. The van der Waals surface area contributed by atoms with E-state index in [1.165, 1.54) is 30.6 Å². The summed E-state index contributed by atoms with van der Waals surface area (Å²) in [6, 6.07) is 4.51. The first-order chi connectivity index (χ1) is 14.3. The zero-order valence-corrected chi connectivity index (χ0v) is 19.6. The molecule has 1 aromatic carbocycles. The maximum Gasteiger partial charge on any atom is 0.341 e. The van der Waals surface area contributed by atoms with Gasteiger partial charge in [-0.05, 0) is 48.8 Å². The van der Waals surface area contributed by atoms with E-state index in [4.69, 9.17) is 28.6 Å². The van der Waals surface area contributed by atoms with E-state index in [-0.39, 0.29) is 11.8 Å². The highest BCUT2D eigenvalue weighted by Gasteiger charge is 2.25. The number of nitrogens with zero attached hydrogens (tertiary/aromatic N) is 2. The van der Waals surface area contributed by atoms with Gasteiger partial charge in [0.25, 0.3) is 0 Å². The molecule has 30 heavy (non-hydrogen) atoms. The second kappa shape index (κ2) is 10.0. The Morgan fingerprint density at radius 2 is 2.03 bits per heavy atom. The predicted octanol–water partition coefficient (Wildman–Crippen LogP) is 4.71. The molecular weight excluding hydrogens is 445 g/mol. The normalized spacial score (nSPS) is 14.6. The fourth-order valence-electron chi connectivity index (χ4n) is 3.59. The molecular formula is C21H25ClFN3O2S2. The van der Waals surface area contributed by atoms with Crippen molar-refractivity contribution < 1.29 is 13.9 Å². The highest BCUT2D eigenvalue weighted by molar-refractivity contribution is 7.80. The number of anilines is 1. The van der Waals surface area contributed by atoms with Gasteiger partial charge in [-0.25, -0.2) is 9.18 Å². The van der Waals surface area contributed by atoms with Crippen LogP contribution in [0.1, 0.15) is 33.3 Å². The number of hydrogen-bond acceptors (Lipinski definition) is 5. The second-order valence-corrected chi connectivity index (χ2v) is 9.13. The summed E-state index contributed by atoms with van der Waals surface area (Å²) in [5.74, 6) is -0.672. The van der Waals surface area contributed by atoms with Crippen molar-refractivity contribution in [2.45, 2.75) is 26.8 Å². The minimum atomic E-state index is -0.345.